The number of aromatic nitrogens is 3. The number of carbonyl (C=O) groups excluding carboxylic acids is 1. The molecule has 1 heterocycles. The van der Waals surface area contributed by atoms with Gasteiger partial charge in [-0.15, -0.1) is 5.10 Å². The smallest absolute Gasteiger partial charge is 0.321 e. The van der Waals surface area contributed by atoms with Crippen LogP contribution in [0.15, 0.2) is 70.2 Å². The lowest BCUT2D eigenvalue weighted by Crippen LogP contribution is -2.36. The van der Waals surface area contributed by atoms with Crippen molar-refractivity contribution in [3.63, 3.8) is 0 Å². The second-order valence-electron chi connectivity index (χ2n) is 6.17. The van der Waals surface area contributed by atoms with Gasteiger partial charge in [-0.1, -0.05) is 47.7 Å². The van der Waals surface area contributed by atoms with Crippen molar-refractivity contribution in [1.82, 2.24) is 19.3 Å². The van der Waals surface area contributed by atoms with Crippen LogP contribution in [0.5, 0.6) is 0 Å². The van der Waals surface area contributed by atoms with E-state index in [-0.39, 0.29) is 11.4 Å². The molecule has 3 rings (SSSR count). The molecule has 0 aliphatic heterocycles. The number of sulfonamides is 1. The average Bonchev–Trinajstić information content (AvgIpc) is 3.15. The van der Waals surface area contributed by atoms with E-state index in [0.29, 0.717) is 16.7 Å². The van der Waals surface area contributed by atoms with Crippen molar-refractivity contribution in [3.05, 3.63) is 76.5 Å². The summed E-state index contributed by atoms with van der Waals surface area (Å²) >= 11 is 3.26. The lowest BCUT2D eigenvalue weighted by atomic mass is 10.2. The highest BCUT2D eigenvalue weighted by molar-refractivity contribution is 9.10. The first-order chi connectivity index (χ1) is 13.9. The van der Waals surface area contributed by atoms with Crippen LogP contribution in [0.3, 0.4) is 0 Å². The van der Waals surface area contributed by atoms with Gasteiger partial charge in [0.05, 0.1) is 37.0 Å². The molecule has 0 N–H and O–H groups in total. The highest BCUT2D eigenvalue weighted by Gasteiger charge is 2.29. The molecule has 0 aliphatic rings. The summed E-state index contributed by atoms with van der Waals surface area (Å²) in [5.74, 6) is -0.669. The van der Waals surface area contributed by atoms with Crippen LogP contribution >= 0.6 is 15.9 Å². The van der Waals surface area contributed by atoms with Crippen LogP contribution in [0.25, 0.3) is 0 Å². The van der Waals surface area contributed by atoms with Gasteiger partial charge in [-0.2, -0.15) is 4.31 Å². The van der Waals surface area contributed by atoms with E-state index in [4.69, 9.17) is 0 Å². The number of hydrogen-bond donors (Lipinski definition) is 0. The molecule has 0 saturated heterocycles. The van der Waals surface area contributed by atoms with Crippen LogP contribution in [-0.2, 0) is 32.6 Å². The summed E-state index contributed by atoms with van der Waals surface area (Å²) in [7, 11) is -2.77. The van der Waals surface area contributed by atoms with Gasteiger partial charge in [0, 0.05) is 4.47 Å². The van der Waals surface area contributed by atoms with E-state index >= 15 is 0 Å². The van der Waals surface area contributed by atoms with Crippen LogP contribution in [0.4, 0.5) is 0 Å². The van der Waals surface area contributed by atoms with Gasteiger partial charge in [-0.25, -0.2) is 13.1 Å². The summed E-state index contributed by atoms with van der Waals surface area (Å²) < 4.78 is 34.0. The minimum absolute atomic E-state index is 0.0561. The third-order valence-electron chi connectivity index (χ3n) is 4.10. The van der Waals surface area contributed by atoms with Crippen molar-refractivity contribution in [2.75, 3.05) is 13.7 Å². The van der Waals surface area contributed by atoms with Gasteiger partial charge in [-0.3, -0.25) is 4.79 Å². The van der Waals surface area contributed by atoms with E-state index in [1.165, 1.54) is 13.2 Å². The van der Waals surface area contributed by atoms with Gasteiger partial charge in [0.2, 0.25) is 10.0 Å². The second-order valence-corrected chi connectivity index (χ2v) is 8.93. The van der Waals surface area contributed by atoms with Crippen molar-refractivity contribution >= 4 is 31.9 Å². The number of hydrogen-bond acceptors (Lipinski definition) is 6. The van der Waals surface area contributed by atoms with E-state index in [1.54, 1.807) is 29.1 Å². The lowest BCUT2D eigenvalue weighted by Gasteiger charge is -2.20. The third kappa shape index (κ3) is 5.28. The molecule has 29 heavy (non-hydrogen) atoms. The molecule has 0 aliphatic carbocycles. The van der Waals surface area contributed by atoms with Gasteiger partial charge >= 0.3 is 5.97 Å². The maximum atomic E-state index is 13.1. The minimum Gasteiger partial charge on any atom is -0.468 e. The second kappa shape index (κ2) is 9.29. The first-order valence-electron chi connectivity index (χ1n) is 8.64. The topological polar surface area (TPSA) is 94.4 Å². The van der Waals surface area contributed by atoms with Crippen LogP contribution in [0.1, 0.15) is 11.3 Å². The minimum atomic E-state index is -3.98. The molecule has 152 valence electrons. The summed E-state index contributed by atoms with van der Waals surface area (Å²) in [5, 5.41) is 8.11. The largest absolute Gasteiger partial charge is 0.468 e. The maximum absolute atomic E-state index is 13.1. The Kier molecular flexibility index (Phi) is 6.78. The number of ether oxygens (including phenoxy) is 1. The zero-order valence-electron chi connectivity index (χ0n) is 15.6. The van der Waals surface area contributed by atoms with Crippen molar-refractivity contribution < 1.29 is 17.9 Å². The molecule has 10 heteroatoms. The summed E-state index contributed by atoms with van der Waals surface area (Å²) in [6.45, 7) is -0.0545. The van der Waals surface area contributed by atoms with E-state index in [2.05, 4.69) is 31.0 Å². The third-order valence-corrected chi connectivity index (χ3v) is 6.90. The Morgan fingerprint density at radius 2 is 1.83 bits per heavy atom. The van der Waals surface area contributed by atoms with Crippen LogP contribution in [0.2, 0.25) is 0 Å². The molecule has 0 atom stereocenters. The molecule has 0 fully saturated rings. The van der Waals surface area contributed by atoms with Crippen molar-refractivity contribution in [2.45, 2.75) is 18.0 Å². The number of carbonyl (C=O) groups is 1. The molecule has 0 saturated carbocycles. The summed E-state index contributed by atoms with van der Waals surface area (Å²) in [5.41, 5.74) is 1.46. The highest BCUT2D eigenvalue weighted by Crippen LogP contribution is 2.25. The van der Waals surface area contributed by atoms with Crippen LogP contribution in [-0.4, -0.2) is 47.3 Å². The summed E-state index contributed by atoms with van der Waals surface area (Å²) in [4.78, 5) is 11.9. The Bertz CT molecular complexity index is 1090. The predicted molar refractivity (Wildman–Crippen MR) is 109 cm³/mol. The van der Waals surface area contributed by atoms with E-state index in [9.17, 15) is 13.2 Å². The fourth-order valence-corrected chi connectivity index (χ4v) is 4.99. The van der Waals surface area contributed by atoms with Gasteiger partial charge in [0.15, 0.2) is 0 Å². The molecule has 0 spiro atoms. The van der Waals surface area contributed by atoms with Gasteiger partial charge < -0.3 is 4.74 Å². The molecule has 0 unspecified atom stereocenters. The van der Waals surface area contributed by atoms with Gasteiger partial charge in [-0.05, 0) is 33.6 Å². The summed E-state index contributed by atoms with van der Waals surface area (Å²) in [6.07, 6.45) is 1.66. The normalized spacial score (nSPS) is 11.6. The number of benzene rings is 2. The zero-order chi connectivity index (χ0) is 20.9. The summed E-state index contributed by atoms with van der Waals surface area (Å²) in [6, 6.07) is 16.1. The fraction of sp³-hybridized carbons (Fsp3) is 0.211. The van der Waals surface area contributed by atoms with Gasteiger partial charge in [0.1, 0.15) is 6.54 Å². The Morgan fingerprint density at radius 1 is 1.14 bits per heavy atom. The molecule has 0 bridgehead atoms. The number of nitrogens with zero attached hydrogens (tertiary/aromatic N) is 4. The van der Waals surface area contributed by atoms with Gasteiger partial charge in [0.25, 0.3) is 0 Å². The van der Waals surface area contributed by atoms with E-state index in [0.717, 1.165) is 9.87 Å². The van der Waals surface area contributed by atoms with Crippen molar-refractivity contribution in [3.8, 4) is 0 Å². The number of halogens is 1. The molecule has 2 aromatic carbocycles. The van der Waals surface area contributed by atoms with E-state index in [1.807, 2.05) is 30.3 Å². The first kappa shape index (κ1) is 21.2. The molecule has 3 aromatic rings. The quantitative estimate of drug-likeness (QED) is 0.461. The molecular weight excluding hydrogens is 460 g/mol. The van der Waals surface area contributed by atoms with Crippen LogP contribution < -0.4 is 0 Å². The predicted octanol–water partition coefficient (Wildman–Crippen LogP) is 2.45. The Balaban J connectivity index is 1.85. The first-order valence-corrected chi connectivity index (χ1v) is 10.9. The average molecular weight is 479 g/mol. The van der Waals surface area contributed by atoms with Crippen molar-refractivity contribution in [1.29, 1.82) is 0 Å². The molecule has 0 radical (unpaired) electrons. The maximum Gasteiger partial charge on any atom is 0.321 e. The highest BCUT2D eigenvalue weighted by atomic mass is 79.9. The number of esters is 1. The van der Waals surface area contributed by atoms with Crippen molar-refractivity contribution in [2.24, 2.45) is 0 Å². The molecular formula is C19H19BrN4O4S. The SMILES string of the molecule is COC(=O)CN(Cc1cn(Cc2ccccc2)nn1)S(=O)(=O)c1ccccc1Br. The fourth-order valence-electron chi connectivity index (χ4n) is 2.67. The molecule has 8 nitrogen and oxygen atoms in total. The number of methoxy groups -OCH3 is 1. The monoisotopic (exact) mass is 478 g/mol. The molecule has 0 amide bonds. The van der Waals surface area contributed by atoms with Crippen LogP contribution in [0, 0.1) is 0 Å². The molecule has 1 aromatic heterocycles. The standard InChI is InChI=1S/C19H19BrN4O4S/c1-28-19(25)14-24(29(26,27)18-10-6-5-9-17(18)20)13-16-12-23(22-21-16)11-15-7-3-2-4-8-15/h2-10,12H,11,13-14H2,1H3. The lowest BCUT2D eigenvalue weighted by molar-refractivity contribution is -0.140. The Labute approximate surface area is 177 Å². The Hall–Kier alpha value is -2.56. The zero-order valence-corrected chi connectivity index (χ0v) is 18.0. The Morgan fingerprint density at radius 3 is 2.52 bits per heavy atom. The van der Waals surface area contributed by atoms with E-state index < -0.39 is 22.5 Å². The number of rotatable bonds is 8.